The summed E-state index contributed by atoms with van der Waals surface area (Å²) in [5.41, 5.74) is 0. The van der Waals surface area contributed by atoms with E-state index in [4.69, 9.17) is 20.1 Å². The average Bonchev–Trinajstić information content (AvgIpc) is 1.82. The number of carbonyl (C=O) groups is 3. The Morgan fingerprint density at radius 2 is 1.07 bits per heavy atom. The fourth-order valence-electron chi connectivity index (χ4n) is 0.214. The van der Waals surface area contributed by atoms with Gasteiger partial charge in [0.2, 0.25) is 0 Å². The van der Waals surface area contributed by atoms with Gasteiger partial charge in [-0.15, -0.1) is 0 Å². The van der Waals surface area contributed by atoms with Crippen LogP contribution in [0.4, 0.5) is 0 Å². The van der Waals surface area contributed by atoms with E-state index >= 15 is 0 Å². The number of aliphatic carboxylic acids is 3. The molecule has 3 N–H and O–H groups in total. The van der Waals surface area contributed by atoms with Crippen molar-refractivity contribution in [3.63, 3.8) is 0 Å². The van der Waals surface area contributed by atoms with Gasteiger partial charge in [0.1, 0.15) is 0 Å². The van der Waals surface area contributed by atoms with Crippen LogP contribution in [0.1, 0.15) is 19.8 Å². The normalized spacial score (nSPS) is 6.64. The van der Waals surface area contributed by atoms with Crippen LogP contribution in [0.3, 0.4) is 0 Å². The molecule has 0 spiro atoms. The van der Waals surface area contributed by atoms with Gasteiger partial charge in [-0.3, -0.25) is 14.4 Å². The molecule has 0 heterocycles. The summed E-state index contributed by atoms with van der Waals surface area (Å²) >= 11 is 0. The van der Waals surface area contributed by atoms with Gasteiger partial charge in [0.25, 0.3) is 5.97 Å². The van der Waals surface area contributed by atoms with Gasteiger partial charge in [-0.25, -0.2) is 0 Å². The van der Waals surface area contributed by atoms with Gasteiger partial charge >= 0.3 is 41.5 Å². The van der Waals surface area contributed by atoms with Gasteiger partial charge in [-0.1, -0.05) is 0 Å². The van der Waals surface area contributed by atoms with Gasteiger partial charge in [-0.05, 0) is 0 Å². The van der Waals surface area contributed by atoms with E-state index in [1.165, 1.54) is 0 Å². The number of hydrogen-bond donors (Lipinski definition) is 3. The molecule has 0 aliphatic heterocycles. The number of hydrogen-bond acceptors (Lipinski definition) is 3. The minimum Gasteiger partial charge on any atom is -0.481 e. The van der Waals surface area contributed by atoms with Gasteiger partial charge in [0, 0.05) is 6.92 Å². The predicted octanol–water partition coefficient (Wildman–Crippen LogP) is -2.52. The summed E-state index contributed by atoms with van der Waals surface area (Å²) in [5, 5.41) is 23.2. The van der Waals surface area contributed by atoms with E-state index in [9.17, 15) is 9.59 Å². The molecule has 0 aromatic carbocycles. The van der Waals surface area contributed by atoms with Crippen molar-refractivity contribution in [3.8, 4) is 0 Å². The number of carboxylic acid groups (broad SMARTS) is 3. The summed E-state index contributed by atoms with van der Waals surface area (Å²) in [4.78, 5) is 28.3. The number of carboxylic acids is 3. The van der Waals surface area contributed by atoms with E-state index in [1.54, 1.807) is 0 Å². The Labute approximate surface area is 104 Å². The van der Waals surface area contributed by atoms with Crippen molar-refractivity contribution >= 4 is 17.9 Å². The third kappa shape index (κ3) is 63.6. The minimum absolute atomic E-state index is 0. The molecule has 0 rings (SSSR count). The van der Waals surface area contributed by atoms with Crippen LogP contribution in [0.5, 0.6) is 0 Å². The summed E-state index contributed by atoms with van der Waals surface area (Å²) in [6.45, 7) is 1.08. The summed E-state index contributed by atoms with van der Waals surface area (Å²) < 4.78 is 0. The molecule has 0 aliphatic carbocycles. The maximum atomic E-state index is 9.64. The van der Waals surface area contributed by atoms with Crippen LogP contribution in [-0.4, -0.2) is 33.2 Å². The van der Waals surface area contributed by atoms with E-state index < -0.39 is 17.9 Å². The van der Waals surface area contributed by atoms with Crippen molar-refractivity contribution in [2.24, 2.45) is 0 Å². The van der Waals surface area contributed by atoms with Crippen molar-refractivity contribution in [2.75, 3.05) is 0 Å². The second-order valence-corrected chi connectivity index (χ2v) is 1.81. The van der Waals surface area contributed by atoms with Crippen molar-refractivity contribution in [2.45, 2.75) is 19.8 Å². The fourth-order valence-corrected chi connectivity index (χ4v) is 0.214. The Bertz CT molecular complexity index is 161. The molecule has 6 nitrogen and oxygen atoms in total. The van der Waals surface area contributed by atoms with Gasteiger partial charge in [0.15, 0.2) is 0 Å². The molecule has 0 aliphatic rings. The monoisotopic (exact) mass is 216 g/mol. The SMILES string of the molecule is CC(=O)O.O=C(O)CCC(=O)O.[CH3-].[Na+]. The van der Waals surface area contributed by atoms with E-state index in [0.29, 0.717) is 0 Å². The van der Waals surface area contributed by atoms with Crippen LogP contribution < -0.4 is 29.6 Å². The quantitative estimate of drug-likeness (QED) is 0.354. The Morgan fingerprint density at radius 1 is 0.929 bits per heavy atom. The molecule has 0 aromatic heterocycles. The van der Waals surface area contributed by atoms with E-state index in [2.05, 4.69) is 0 Å². The Balaban J connectivity index is -0.0000000733. The topological polar surface area (TPSA) is 112 Å². The largest absolute Gasteiger partial charge is 1.00 e. The van der Waals surface area contributed by atoms with E-state index in [-0.39, 0.29) is 49.8 Å². The molecule has 0 atom stereocenters. The van der Waals surface area contributed by atoms with Crippen LogP contribution >= 0.6 is 0 Å². The van der Waals surface area contributed by atoms with Crippen molar-refractivity contribution in [3.05, 3.63) is 7.43 Å². The molecular weight excluding hydrogens is 203 g/mol. The van der Waals surface area contributed by atoms with Crippen molar-refractivity contribution < 1.29 is 59.3 Å². The standard InChI is InChI=1S/C4H6O4.C2H4O2.CH3.Na/c5-3(6)1-2-4(7)8;1-2(3)4;;/h1-2H2,(H,5,6)(H,7,8);1H3,(H,3,4);1H3;/q;;-1;+1. The summed E-state index contributed by atoms with van der Waals surface area (Å²) in [6, 6.07) is 0. The van der Waals surface area contributed by atoms with Gasteiger partial charge < -0.3 is 22.7 Å². The van der Waals surface area contributed by atoms with Gasteiger partial charge in [0.05, 0.1) is 12.8 Å². The second-order valence-electron chi connectivity index (χ2n) is 1.81. The zero-order valence-corrected chi connectivity index (χ0v) is 10.5. The third-order valence-corrected chi connectivity index (χ3v) is 0.553. The summed E-state index contributed by atoms with van der Waals surface area (Å²) in [7, 11) is 0. The molecule has 0 saturated carbocycles. The first-order valence-corrected chi connectivity index (χ1v) is 2.99. The molecule has 0 amide bonds. The smallest absolute Gasteiger partial charge is 0.481 e. The molecule has 0 saturated heterocycles. The maximum Gasteiger partial charge on any atom is 1.00 e. The van der Waals surface area contributed by atoms with Gasteiger partial charge in [-0.2, -0.15) is 0 Å². The molecular formula is C7H13NaO6. The Kier molecular flexibility index (Phi) is 24.8. The van der Waals surface area contributed by atoms with E-state index in [0.717, 1.165) is 6.92 Å². The first-order chi connectivity index (χ1) is 5.36. The van der Waals surface area contributed by atoms with Crippen molar-refractivity contribution in [1.82, 2.24) is 0 Å². The van der Waals surface area contributed by atoms with E-state index in [1.807, 2.05) is 0 Å². The predicted molar refractivity (Wildman–Crippen MR) is 44.2 cm³/mol. The molecule has 0 bridgehead atoms. The van der Waals surface area contributed by atoms with Crippen LogP contribution in [0, 0.1) is 7.43 Å². The molecule has 0 unspecified atom stereocenters. The molecule has 14 heavy (non-hydrogen) atoms. The molecule has 0 radical (unpaired) electrons. The molecule has 0 fully saturated rings. The van der Waals surface area contributed by atoms with Crippen LogP contribution in [0.2, 0.25) is 0 Å². The first kappa shape index (κ1) is 23.3. The third-order valence-electron chi connectivity index (χ3n) is 0.553. The van der Waals surface area contributed by atoms with Crippen LogP contribution in [-0.2, 0) is 14.4 Å². The average molecular weight is 216 g/mol. The minimum atomic E-state index is -1.08. The zero-order chi connectivity index (χ0) is 10.1. The summed E-state index contributed by atoms with van der Waals surface area (Å²) in [5.74, 6) is -2.99. The molecule has 0 aromatic rings. The maximum absolute atomic E-state index is 9.64. The summed E-state index contributed by atoms with van der Waals surface area (Å²) in [6.07, 6.45) is -0.593. The molecule has 78 valence electrons. The van der Waals surface area contributed by atoms with Crippen LogP contribution in [0.15, 0.2) is 0 Å². The van der Waals surface area contributed by atoms with Crippen molar-refractivity contribution in [1.29, 1.82) is 0 Å². The first-order valence-electron chi connectivity index (χ1n) is 2.99. The second kappa shape index (κ2) is 14.9. The zero-order valence-electron chi connectivity index (χ0n) is 8.48. The Morgan fingerprint density at radius 3 is 1.14 bits per heavy atom. The number of rotatable bonds is 3. The Hall–Kier alpha value is -0.590. The van der Waals surface area contributed by atoms with Crippen LogP contribution in [0.25, 0.3) is 0 Å². The fraction of sp³-hybridized carbons (Fsp3) is 0.429. The molecule has 7 heteroatoms.